The van der Waals surface area contributed by atoms with Gasteiger partial charge in [-0.25, -0.2) is 4.99 Å². The first kappa shape index (κ1) is 18.1. The third kappa shape index (κ3) is 3.75. The second-order valence-electron chi connectivity index (χ2n) is 5.90. The molecule has 2 aromatic rings. The summed E-state index contributed by atoms with van der Waals surface area (Å²) in [5.41, 5.74) is 3.46. The van der Waals surface area contributed by atoms with E-state index in [-0.39, 0.29) is 11.2 Å². The SMILES string of the molecule is C=C1c2ccccc2N=C(S[C@H](C)C(=O)Nc2cccc(OC)c2)N1C. The van der Waals surface area contributed by atoms with Gasteiger partial charge in [0.25, 0.3) is 0 Å². The number of methoxy groups -OCH3 is 1. The van der Waals surface area contributed by atoms with Gasteiger partial charge in [0.15, 0.2) is 5.17 Å². The minimum atomic E-state index is -0.319. The van der Waals surface area contributed by atoms with E-state index in [4.69, 9.17) is 4.74 Å². The number of carbonyl (C=O) groups is 1. The van der Waals surface area contributed by atoms with E-state index in [2.05, 4.69) is 16.9 Å². The number of thioether (sulfide) groups is 1. The number of anilines is 1. The number of aliphatic imine (C=N–C) groups is 1. The minimum absolute atomic E-state index is 0.0937. The molecule has 134 valence electrons. The first-order valence-electron chi connectivity index (χ1n) is 8.22. The van der Waals surface area contributed by atoms with Gasteiger partial charge in [-0.15, -0.1) is 0 Å². The zero-order valence-corrected chi connectivity index (χ0v) is 15.8. The fourth-order valence-electron chi connectivity index (χ4n) is 2.55. The number of amidine groups is 1. The number of rotatable bonds is 4. The van der Waals surface area contributed by atoms with Gasteiger partial charge < -0.3 is 15.0 Å². The second kappa shape index (κ2) is 7.66. The van der Waals surface area contributed by atoms with Crippen molar-refractivity contribution in [1.82, 2.24) is 4.90 Å². The highest BCUT2D eigenvalue weighted by molar-refractivity contribution is 8.14. The van der Waals surface area contributed by atoms with Crippen molar-refractivity contribution in [2.75, 3.05) is 19.5 Å². The molecule has 26 heavy (non-hydrogen) atoms. The zero-order chi connectivity index (χ0) is 18.7. The normalized spacial score (nSPS) is 14.3. The van der Waals surface area contributed by atoms with E-state index in [1.807, 2.05) is 61.3 Å². The van der Waals surface area contributed by atoms with Crippen LogP contribution in [0.3, 0.4) is 0 Å². The van der Waals surface area contributed by atoms with Crippen LogP contribution in [-0.2, 0) is 4.79 Å². The van der Waals surface area contributed by atoms with Crippen molar-refractivity contribution in [3.05, 3.63) is 60.7 Å². The average molecular weight is 367 g/mol. The maximum absolute atomic E-state index is 12.6. The second-order valence-corrected chi connectivity index (χ2v) is 7.21. The van der Waals surface area contributed by atoms with Gasteiger partial charge in [0.2, 0.25) is 5.91 Å². The molecule has 2 aromatic carbocycles. The van der Waals surface area contributed by atoms with Crippen LogP contribution in [0.1, 0.15) is 12.5 Å². The molecule has 0 aromatic heterocycles. The average Bonchev–Trinajstić information content (AvgIpc) is 2.66. The summed E-state index contributed by atoms with van der Waals surface area (Å²) in [6, 6.07) is 15.2. The summed E-state index contributed by atoms with van der Waals surface area (Å²) in [4.78, 5) is 19.1. The standard InChI is InChI=1S/C20H21N3O2S/c1-13-17-10-5-6-11-18(17)22-20(23(13)3)26-14(2)19(24)21-15-8-7-9-16(12-15)25-4/h5-12,14H,1H2,2-4H3,(H,21,24)/t14-/m1/s1. The topological polar surface area (TPSA) is 53.9 Å². The lowest BCUT2D eigenvalue weighted by Crippen LogP contribution is -2.30. The molecule has 1 N–H and O–H groups in total. The van der Waals surface area contributed by atoms with E-state index in [9.17, 15) is 4.79 Å². The zero-order valence-electron chi connectivity index (χ0n) is 15.0. The summed E-state index contributed by atoms with van der Waals surface area (Å²) in [6.45, 7) is 6.00. The summed E-state index contributed by atoms with van der Waals surface area (Å²) < 4.78 is 5.19. The number of fused-ring (bicyclic) bond motifs is 1. The molecule has 0 aliphatic carbocycles. The highest BCUT2D eigenvalue weighted by atomic mass is 32.2. The van der Waals surface area contributed by atoms with E-state index < -0.39 is 0 Å². The molecule has 1 amide bonds. The molecule has 1 aliphatic heterocycles. The maximum atomic E-state index is 12.6. The quantitative estimate of drug-likeness (QED) is 0.872. The Kier molecular flexibility index (Phi) is 5.32. The van der Waals surface area contributed by atoms with Gasteiger partial charge in [-0.05, 0) is 25.1 Å². The number of ether oxygens (including phenoxy) is 1. The van der Waals surface area contributed by atoms with Gasteiger partial charge in [0.05, 0.1) is 18.0 Å². The van der Waals surface area contributed by atoms with Gasteiger partial charge in [-0.3, -0.25) is 4.79 Å². The fraction of sp³-hybridized carbons (Fsp3) is 0.200. The first-order chi connectivity index (χ1) is 12.5. The number of nitrogens with one attached hydrogen (secondary N) is 1. The van der Waals surface area contributed by atoms with Crippen LogP contribution in [0.15, 0.2) is 60.1 Å². The number of hydrogen-bond acceptors (Lipinski definition) is 5. The van der Waals surface area contributed by atoms with Crippen LogP contribution in [0.2, 0.25) is 0 Å². The van der Waals surface area contributed by atoms with Gasteiger partial charge in [0.1, 0.15) is 5.75 Å². The van der Waals surface area contributed by atoms with Crippen LogP contribution >= 0.6 is 11.8 Å². The van der Waals surface area contributed by atoms with Crippen LogP contribution < -0.4 is 10.1 Å². The Morgan fingerprint density at radius 3 is 2.81 bits per heavy atom. The van der Waals surface area contributed by atoms with Crippen LogP contribution in [0.4, 0.5) is 11.4 Å². The Hall–Kier alpha value is -2.73. The van der Waals surface area contributed by atoms with Crippen LogP contribution in [-0.4, -0.2) is 35.4 Å². The summed E-state index contributed by atoms with van der Waals surface area (Å²) in [7, 11) is 3.51. The monoisotopic (exact) mass is 367 g/mol. The van der Waals surface area contributed by atoms with Crippen LogP contribution in [0, 0.1) is 0 Å². The van der Waals surface area contributed by atoms with E-state index in [1.165, 1.54) is 11.8 Å². The van der Waals surface area contributed by atoms with Crippen molar-refractivity contribution >= 4 is 39.9 Å². The minimum Gasteiger partial charge on any atom is -0.497 e. The third-order valence-electron chi connectivity index (χ3n) is 4.11. The summed E-state index contributed by atoms with van der Waals surface area (Å²) in [6.07, 6.45) is 0. The summed E-state index contributed by atoms with van der Waals surface area (Å²) in [5.74, 6) is 0.608. The number of carbonyl (C=O) groups excluding carboxylic acids is 1. The van der Waals surface area contributed by atoms with Crippen molar-refractivity contribution < 1.29 is 9.53 Å². The molecule has 1 heterocycles. The molecule has 5 nitrogen and oxygen atoms in total. The molecule has 0 saturated carbocycles. The lowest BCUT2D eigenvalue weighted by molar-refractivity contribution is -0.115. The van der Waals surface area contributed by atoms with Crippen molar-refractivity contribution in [2.45, 2.75) is 12.2 Å². The molecule has 1 aliphatic rings. The lowest BCUT2D eigenvalue weighted by Gasteiger charge is -2.29. The van der Waals surface area contributed by atoms with E-state index >= 15 is 0 Å². The van der Waals surface area contributed by atoms with E-state index in [0.717, 1.165) is 22.1 Å². The molecule has 0 fully saturated rings. The Balaban J connectivity index is 1.72. The smallest absolute Gasteiger partial charge is 0.237 e. The molecule has 0 bridgehead atoms. The molecular weight excluding hydrogens is 346 g/mol. The predicted molar refractivity (Wildman–Crippen MR) is 109 cm³/mol. The van der Waals surface area contributed by atoms with Crippen molar-refractivity contribution in [3.8, 4) is 5.75 Å². The van der Waals surface area contributed by atoms with E-state index in [0.29, 0.717) is 11.4 Å². The third-order valence-corrected chi connectivity index (χ3v) is 5.26. The molecular formula is C20H21N3O2S. The summed E-state index contributed by atoms with van der Waals surface area (Å²) >= 11 is 1.41. The number of benzene rings is 2. The lowest BCUT2D eigenvalue weighted by atomic mass is 10.1. The predicted octanol–water partition coefficient (Wildman–Crippen LogP) is 4.36. The van der Waals surface area contributed by atoms with Crippen molar-refractivity contribution in [1.29, 1.82) is 0 Å². The van der Waals surface area contributed by atoms with Gasteiger partial charge in [-0.2, -0.15) is 0 Å². The van der Waals surface area contributed by atoms with Gasteiger partial charge >= 0.3 is 0 Å². The number of hydrogen-bond donors (Lipinski definition) is 1. The molecule has 6 heteroatoms. The molecule has 0 spiro atoms. The number of amides is 1. The van der Waals surface area contributed by atoms with Crippen LogP contribution in [0.25, 0.3) is 5.70 Å². The van der Waals surface area contributed by atoms with E-state index in [1.54, 1.807) is 13.2 Å². The fourth-order valence-corrected chi connectivity index (χ4v) is 3.45. The summed E-state index contributed by atoms with van der Waals surface area (Å²) in [5, 5.41) is 3.35. The Bertz CT molecular complexity index is 879. The van der Waals surface area contributed by atoms with Crippen molar-refractivity contribution in [2.24, 2.45) is 4.99 Å². The highest BCUT2D eigenvalue weighted by Gasteiger charge is 2.25. The number of nitrogens with zero attached hydrogens (tertiary/aromatic N) is 2. The Labute approximate surface area is 157 Å². The molecule has 0 unspecified atom stereocenters. The molecule has 0 radical (unpaired) electrons. The Morgan fingerprint density at radius 2 is 2.04 bits per heavy atom. The maximum Gasteiger partial charge on any atom is 0.237 e. The molecule has 0 saturated heterocycles. The largest absolute Gasteiger partial charge is 0.497 e. The first-order valence-corrected chi connectivity index (χ1v) is 9.10. The number of para-hydroxylation sites is 1. The molecule has 1 atom stereocenters. The van der Waals surface area contributed by atoms with Crippen LogP contribution in [0.5, 0.6) is 5.75 Å². The van der Waals surface area contributed by atoms with Crippen molar-refractivity contribution in [3.63, 3.8) is 0 Å². The highest BCUT2D eigenvalue weighted by Crippen LogP contribution is 2.35. The van der Waals surface area contributed by atoms with Gasteiger partial charge in [-0.1, -0.05) is 42.6 Å². The van der Waals surface area contributed by atoms with Gasteiger partial charge in [0, 0.05) is 30.1 Å². The Morgan fingerprint density at radius 1 is 1.27 bits per heavy atom. The molecule has 3 rings (SSSR count).